The zero-order valence-electron chi connectivity index (χ0n) is 19.7. The Kier molecular flexibility index (Phi) is 8.23. The molecule has 0 aliphatic heterocycles. The molecule has 0 aliphatic rings. The van der Waals surface area contributed by atoms with Gasteiger partial charge in [0.25, 0.3) is 11.8 Å². The van der Waals surface area contributed by atoms with Crippen molar-refractivity contribution in [3.8, 4) is 11.5 Å². The summed E-state index contributed by atoms with van der Waals surface area (Å²) < 4.78 is 11.2. The van der Waals surface area contributed by atoms with Gasteiger partial charge in [0.1, 0.15) is 11.9 Å². The van der Waals surface area contributed by atoms with Crippen molar-refractivity contribution >= 4 is 23.3 Å². The average Bonchev–Trinajstić information content (AvgIpc) is 2.86. The van der Waals surface area contributed by atoms with Gasteiger partial charge < -0.3 is 20.5 Å². The molecule has 0 spiro atoms. The summed E-state index contributed by atoms with van der Waals surface area (Å²) >= 11 is 0. The van der Waals surface area contributed by atoms with Crippen LogP contribution >= 0.6 is 0 Å². The van der Waals surface area contributed by atoms with Gasteiger partial charge in [0.05, 0.1) is 18.8 Å². The van der Waals surface area contributed by atoms with Crippen LogP contribution in [0.3, 0.4) is 0 Å². The predicted molar refractivity (Wildman–Crippen MR) is 132 cm³/mol. The number of amides is 2. The van der Waals surface area contributed by atoms with Gasteiger partial charge in [-0.15, -0.1) is 0 Å². The minimum Gasteiger partial charge on any atom is -0.493 e. The lowest BCUT2D eigenvalue weighted by Gasteiger charge is -2.22. The fraction of sp³-hybridized carbons (Fsp3) is 0.200. The molecule has 0 radical (unpaired) electrons. The third kappa shape index (κ3) is 6.70. The van der Waals surface area contributed by atoms with Gasteiger partial charge >= 0.3 is 0 Å². The quantitative estimate of drug-likeness (QED) is 0.181. The lowest BCUT2D eigenvalue weighted by molar-refractivity contribution is -0.122. The Hall–Kier alpha value is -4.60. The number of nitrogens with two attached hydrogens (primary N) is 1. The van der Waals surface area contributed by atoms with Gasteiger partial charge in [-0.05, 0) is 67.9 Å². The second-order valence-electron chi connectivity index (χ2n) is 7.83. The number of hydrogen-bond acceptors (Lipinski definition) is 7. The molecular weight excluding hydrogens is 448 g/mol. The first-order valence-electron chi connectivity index (χ1n) is 10.8. The molecule has 6 N–H and O–H groups in total. The molecule has 0 fully saturated rings. The number of methoxy groups -OCH3 is 1. The number of rotatable bonds is 9. The van der Waals surface area contributed by atoms with E-state index in [9.17, 15) is 9.59 Å². The van der Waals surface area contributed by atoms with E-state index in [2.05, 4.69) is 21.2 Å². The maximum absolute atomic E-state index is 13.2. The summed E-state index contributed by atoms with van der Waals surface area (Å²) in [5.74, 6) is -0.0793. The molecule has 0 saturated carbocycles. The second-order valence-corrected chi connectivity index (χ2v) is 7.83. The number of nitrogen functional groups attached to an aromatic ring is 1. The molecule has 10 nitrogen and oxygen atoms in total. The molecule has 0 saturated heterocycles. The highest BCUT2D eigenvalue weighted by Gasteiger charge is 2.23. The fourth-order valence-corrected chi connectivity index (χ4v) is 3.19. The number of carbonyl (C=O) groups is 2. The van der Waals surface area contributed by atoms with Crippen molar-refractivity contribution in [2.75, 3.05) is 12.4 Å². The number of hydrogen-bond donors (Lipinski definition) is 5. The van der Waals surface area contributed by atoms with Crippen molar-refractivity contribution < 1.29 is 19.1 Å². The van der Waals surface area contributed by atoms with Crippen molar-refractivity contribution in [3.05, 3.63) is 83.7 Å². The summed E-state index contributed by atoms with van der Waals surface area (Å²) in [4.78, 5) is 29.5. The minimum absolute atomic E-state index is 0.0607. The van der Waals surface area contributed by atoms with Gasteiger partial charge in [-0.25, -0.2) is 0 Å². The fourth-order valence-electron chi connectivity index (χ4n) is 3.19. The van der Waals surface area contributed by atoms with E-state index in [1.165, 1.54) is 13.3 Å². The summed E-state index contributed by atoms with van der Waals surface area (Å²) in [6.45, 7) is 3.81. The first kappa shape index (κ1) is 25.0. The van der Waals surface area contributed by atoms with Gasteiger partial charge in [0.2, 0.25) is 0 Å². The van der Waals surface area contributed by atoms with E-state index in [-0.39, 0.29) is 11.9 Å². The van der Waals surface area contributed by atoms with E-state index >= 15 is 0 Å². The Balaban J connectivity index is 1.86. The monoisotopic (exact) mass is 476 g/mol. The Morgan fingerprint density at radius 2 is 1.74 bits per heavy atom. The smallest absolute Gasteiger partial charge is 0.271 e. The molecule has 2 amide bonds. The van der Waals surface area contributed by atoms with Crippen molar-refractivity contribution in [2.24, 2.45) is 5.73 Å². The lowest BCUT2D eigenvalue weighted by Crippen LogP contribution is -2.45. The van der Waals surface area contributed by atoms with Crippen LogP contribution in [-0.4, -0.2) is 35.8 Å². The van der Waals surface area contributed by atoms with E-state index in [0.29, 0.717) is 33.9 Å². The van der Waals surface area contributed by atoms with Crippen LogP contribution in [0.4, 0.5) is 5.69 Å². The van der Waals surface area contributed by atoms with Gasteiger partial charge in [-0.3, -0.25) is 30.8 Å². The number of amidine groups is 1. The van der Waals surface area contributed by atoms with Crippen LogP contribution in [0, 0.1) is 5.41 Å². The molecule has 1 aromatic heterocycles. The number of pyridine rings is 1. The van der Waals surface area contributed by atoms with E-state index in [0.717, 1.165) is 0 Å². The molecule has 1 atom stereocenters. The zero-order valence-corrected chi connectivity index (χ0v) is 19.7. The largest absolute Gasteiger partial charge is 0.493 e. The van der Waals surface area contributed by atoms with E-state index in [1.54, 1.807) is 60.8 Å². The van der Waals surface area contributed by atoms with Crippen LogP contribution in [-0.2, 0) is 4.79 Å². The zero-order chi connectivity index (χ0) is 25.4. The third-order valence-corrected chi connectivity index (χ3v) is 4.88. The van der Waals surface area contributed by atoms with Crippen molar-refractivity contribution in [3.63, 3.8) is 0 Å². The van der Waals surface area contributed by atoms with Gasteiger partial charge in [-0.2, -0.15) is 0 Å². The van der Waals surface area contributed by atoms with Gasteiger partial charge in [-0.1, -0.05) is 6.07 Å². The third-order valence-electron chi connectivity index (χ3n) is 4.88. The first-order chi connectivity index (χ1) is 16.8. The van der Waals surface area contributed by atoms with Crippen LogP contribution in [0.2, 0.25) is 0 Å². The average molecular weight is 477 g/mol. The van der Waals surface area contributed by atoms with Crippen LogP contribution in [0.25, 0.3) is 0 Å². The number of benzene rings is 2. The predicted octanol–water partition coefficient (Wildman–Crippen LogP) is 2.78. The topological polar surface area (TPSA) is 151 Å². The Labute approximate surface area is 203 Å². The molecule has 10 heteroatoms. The summed E-state index contributed by atoms with van der Waals surface area (Å²) in [5, 5.41) is 10.7. The van der Waals surface area contributed by atoms with Crippen molar-refractivity contribution in [2.45, 2.75) is 26.0 Å². The maximum Gasteiger partial charge on any atom is 0.271 e. The molecule has 1 unspecified atom stereocenters. The molecule has 35 heavy (non-hydrogen) atoms. The number of hydrazine groups is 1. The van der Waals surface area contributed by atoms with Crippen LogP contribution < -0.4 is 31.4 Å². The summed E-state index contributed by atoms with van der Waals surface area (Å²) in [6.07, 6.45) is 2.88. The maximum atomic E-state index is 13.2. The van der Waals surface area contributed by atoms with E-state index in [4.69, 9.17) is 20.6 Å². The van der Waals surface area contributed by atoms with Crippen molar-refractivity contribution in [1.82, 2.24) is 15.8 Å². The first-order valence-corrected chi connectivity index (χ1v) is 10.8. The highest BCUT2D eigenvalue weighted by Crippen LogP contribution is 2.32. The standard InChI is InChI=1S/C25H28N6O4/c1-15(2)35-20-11-8-17(13-21(20)34-3)22(29-19-9-6-16(7-10-19)23(26)27)25(33)31-30-24(32)18-5-4-12-28-14-18/h4-15,22,29H,1-3H3,(H3,26,27)(H,30,32)(H,31,33). The van der Waals surface area contributed by atoms with Crippen LogP contribution in [0.5, 0.6) is 11.5 Å². The summed E-state index contributed by atoms with van der Waals surface area (Å²) in [6, 6.07) is 14.2. The second kappa shape index (κ2) is 11.5. The highest BCUT2D eigenvalue weighted by atomic mass is 16.5. The summed E-state index contributed by atoms with van der Waals surface area (Å²) in [5.41, 5.74) is 12.4. The molecule has 3 rings (SSSR count). The molecule has 2 aromatic carbocycles. The van der Waals surface area contributed by atoms with E-state index in [1.807, 2.05) is 13.8 Å². The molecule has 0 bridgehead atoms. The lowest BCUT2D eigenvalue weighted by atomic mass is 10.0. The number of anilines is 1. The number of ether oxygens (including phenoxy) is 2. The van der Waals surface area contributed by atoms with Crippen molar-refractivity contribution in [1.29, 1.82) is 5.41 Å². The number of nitrogens with zero attached hydrogens (tertiary/aromatic N) is 1. The Bertz CT molecular complexity index is 1180. The number of carbonyl (C=O) groups excluding carboxylic acids is 2. The minimum atomic E-state index is -0.908. The molecule has 3 aromatic rings. The van der Waals surface area contributed by atoms with E-state index < -0.39 is 17.9 Å². The molecule has 182 valence electrons. The SMILES string of the molecule is COc1cc(C(Nc2ccc(C(=N)N)cc2)C(=O)NNC(=O)c2cccnc2)ccc1OC(C)C. The molecular formula is C25H28N6O4. The van der Waals surface area contributed by atoms with Crippen LogP contribution in [0.1, 0.15) is 41.4 Å². The van der Waals surface area contributed by atoms with Gasteiger partial charge in [0.15, 0.2) is 11.5 Å². The Morgan fingerprint density at radius 1 is 1.00 bits per heavy atom. The Morgan fingerprint density at radius 3 is 2.34 bits per heavy atom. The number of aromatic nitrogens is 1. The van der Waals surface area contributed by atoms with Crippen LogP contribution in [0.15, 0.2) is 67.0 Å². The molecule has 0 aliphatic carbocycles. The number of nitrogens with one attached hydrogen (secondary N) is 4. The summed E-state index contributed by atoms with van der Waals surface area (Å²) in [7, 11) is 1.52. The highest BCUT2D eigenvalue weighted by molar-refractivity contribution is 5.96. The normalized spacial score (nSPS) is 11.3. The molecule has 1 heterocycles. The van der Waals surface area contributed by atoms with Gasteiger partial charge in [0, 0.05) is 23.6 Å².